The van der Waals surface area contributed by atoms with Gasteiger partial charge in [0.15, 0.2) is 0 Å². The molecule has 0 saturated carbocycles. The fourth-order valence-electron chi connectivity index (χ4n) is 4.06. The van der Waals surface area contributed by atoms with Crippen LogP contribution in [-0.4, -0.2) is 47.0 Å². The van der Waals surface area contributed by atoms with Crippen LogP contribution < -0.4 is 10.5 Å². The summed E-state index contributed by atoms with van der Waals surface area (Å²) in [5.41, 5.74) is 2.22. The van der Waals surface area contributed by atoms with Crippen molar-refractivity contribution in [2.45, 2.75) is 0 Å². The second-order valence-electron chi connectivity index (χ2n) is 7.20. The van der Waals surface area contributed by atoms with Crippen LogP contribution in [0.1, 0.15) is 10.4 Å². The van der Waals surface area contributed by atoms with Crippen LogP contribution in [0.5, 0.6) is 0 Å². The SMILES string of the molecule is O=C(c1ccccc1)N1CCN(c2ccnc3[nH]c(=O)c4ccccc4c23)CC1. The van der Waals surface area contributed by atoms with Gasteiger partial charge in [0, 0.05) is 59.8 Å². The van der Waals surface area contributed by atoms with Gasteiger partial charge in [-0.25, -0.2) is 4.98 Å². The highest BCUT2D eigenvalue weighted by Gasteiger charge is 2.24. The highest BCUT2D eigenvalue weighted by molar-refractivity contribution is 6.10. The normalized spacial score (nSPS) is 14.5. The van der Waals surface area contributed by atoms with Crippen LogP contribution in [0, 0.1) is 0 Å². The smallest absolute Gasteiger partial charge is 0.257 e. The Hall–Kier alpha value is -3.67. The summed E-state index contributed by atoms with van der Waals surface area (Å²) >= 11 is 0. The van der Waals surface area contributed by atoms with E-state index in [1.54, 1.807) is 6.20 Å². The largest absolute Gasteiger partial charge is 0.367 e. The first-order valence-electron chi connectivity index (χ1n) is 9.71. The number of rotatable bonds is 2. The third kappa shape index (κ3) is 3.02. The first-order valence-corrected chi connectivity index (χ1v) is 9.71. The molecule has 1 aliphatic rings. The number of nitrogens with one attached hydrogen (secondary N) is 1. The van der Waals surface area contributed by atoms with Crippen molar-refractivity contribution in [1.82, 2.24) is 14.9 Å². The van der Waals surface area contributed by atoms with Crippen molar-refractivity contribution in [1.29, 1.82) is 0 Å². The summed E-state index contributed by atoms with van der Waals surface area (Å²) in [7, 11) is 0. The summed E-state index contributed by atoms with van der Waals surface area (Å²) in [6, 6.07) is 19.0. The average Bonchev–Trinajstić information content (AvgIpc) is 2.79. The number of aromatic nitrogens is 2. The van der Waals surface area contributed by atoms with Gasteiger partial charge in [-0.2, -0.15) is 0 Å². The molecule has 1 amide bonds. The Labute approximate surface area is 167 Å². The molecule has 6 nitrogen and oxygen atoms in total. The first-order chi connectivity index (χ1) is 14.2. The number of H-pyrrole nitrogens is 1. The number of carbonyl (C=O) groups is 1. The number of anilines is 1. The number of amides is 1. The van der Waals surface area contributed by atoms with E-state index in [1.165, 1.54) is 0 Å². The molecule has 1 saturated heterocycles. The summed E-state index contributed by atoms with van der Waals surface area (Å²) in [5.74, 6) is 0.0691. The molecule has 29 heavy (non-hydrogen) atoms. The molecule has 1 fully saturated rings. The van der Waals surface area contributed by atoms with Gasteiger partial charge in [-0.15, -0.1) is 0 Å². The molecule has 0 spiro atoms. The topological polar surface area (TPSA) is 69.3 Å². The van der Waals surface area contributed by atoms with E-state index in [2.05, 4.69) is 14.9 Å². The zero-order valence-electron chi connectivity index (χ0n) is 15.8. The van der Waals surface area contributed by atoms with Crippen LogP contribution in [0.15, 0.2) is 71.7 Å². The van der Waals surface area contributed by atoms with Gasteiger partial charge < -0.3 is 14.8 Å². The number of carbonyl (C=O) groups excluding carboxylic acids is 1. The van der Waals surface area contributed by atoms with Crippen molar-refractivity contribution in [3.8, 4) is 0 Å². The van der Waals surface area contributed by atoms with Gasteiger partial charge in [-0.1, -0.05) is 36.4 Å². The van der Waals surface area contributed by atoms with Crippen molar-refractivity contribution in [3.05, 3.63) is 82.8 Å². The van der Waals surface area contributed by atoms with E-state index in [4.69, 9.17) is 0 Å². The number of piperazine rings is 1. The second-order valence-corrected chi connectivity index (χ2v) is 7.20. The van der Waals surface area contributed by atoms with E-state index in [0.29, 0.717) is 24.1 Å². The minimum Gasteiger partial charge on any atom is -0.367 e. The lowest BCUT2D eigenvalue weighted by atomic mass is 10.1. The van der Waals surface area contributed by atoms with Crippen molar-refractivity contribution >= 4 is 33.4 Å². The molecule has 2 aromatic carbocycles. The molecule has 1 aliphatic heterocycles. The predicted molar refractivity (Wildman–Crippen MR) is 114 cm³/mol. The number of hydrogen-bond donors (Lipinski definition) is 1. The summed E-state index contributed by atoms with van der Waals surface area (Å²) in [5, 5.41) is 2.51. The molecule has 0 bridgehead atoms. The monoisotopic (exact) mass is 384 g/mol. The van der Waals surface area contributed by atoms with Gasteiger partial charge in [-0.3, -0.25) is 9.59 Å². The van der Waals surface area contributed by atoms with E-state index < -0.39 is 0 Å². The van der Waals surface area contributed by atoms with Crippen LogP contribution in [-0.2, 0) is 0 Å². The van der Waals surface area contributed by atoms with Gasteiger partial charge in [0.05, 0.1) is 0 Å². The summed E-state index contributed by atoms with van der Waals surface area (Å²) in [4.78, 5) is 36.6. The van der Waals surface area contributed by atoms with E-state index in [9.17, 15) is 9.59 Å². The third-order valence-corrected chi connectivity index (χ3v) is 5.53. The van der Waals surface area contributed by atoms with Crippen LogP contribution >= 0.6 is 0 Å². The molecule has 5 rings (SSSR count). The van der Waals surface area contributed by atoms with Crippen LogP contribution in [0.25, 0.3) is 21.8 Å². The van der Waals surface area contributed by atoms with Crippen molar-refractivity contribution < 1.29 is 4.79 Å². The lowest BCUT2D eigenvalue weighted by Gasteiger charge is -2.36. The number of fused-ring (bicyclic) bond motifs is 3. The molecule has 4 aromatic rings. The quantitative estimate of drug-likeness (QED) is 0.540. The van der Waals surface area contributed by atoms with Gasteiger partial charge in [-0.05, 0) is 24.3 Å². The Balaban J connectivity index is 1.48. The van der Waals surface area contributed by atoms with Crippen LogP contribution in [0.2, 0.25) is 0 Å². The zero-order valence-corrected chi connectivity index (χ0v) is 15.8. The maximum atomic E-state index is 12.7. The molecule has 144 valence electrons. The van der Waals surface area contributed by atoms with Gasteiger partial charge >= 0.3 is 0 Å². The minimum absolute atomic E-state index is 0.0691. The first kappa shape index (κ1) is 17.4. The molecule has 1 N–H and O–H groups in total. The molecule has 0 atom stereocenters. The fraction of sp³-hybridized carbons (Fsp3) is 0.174. The molecular weight excluding hydrogens is 364 g/mol. The Morgan fingerprint density at radius 2 is 1.55 bits per heavy atom. The summed E-state index contributed by atoms with van der Waals surface area (Å²) in [6.07, 6.45) is 1.73. The fourth-order valence-corrected chi connectivity index (χ4v) is 4.06. The van der Waals surface area contributed by atoms with Gasteiger partial charge in [0.2, 0.25) is 0 Å². The van der Waals surface area contributed by atoms with Crippen molar-refractivity contribution in [2.24, 2.45) is 0 Å². The Kier molecular flexibility index (Phi) is 4.24. The van der Waals surface area contributed by atoms with Gasteiger partial charge in [0.25, 0.3) is 11.5 Å². The molecule has 0 unspecified atom stereocenters. The number of pyridine rings is 2. The zero-order chi connectivity index (χ0) is 19.8. The van der Waals surface area contributed by atoms with Gasteiger partial charge in [0.1, 0.15) is 5.65 Å². The number of hydrogen-bond acceptors (Lipinski definition) is 4. The minimum atomic E-state index is -0.129. The van der Waals surface area contributed by atoms with E-state index in [0.717, 1.165) is 35.1 Å². The highest BCUT2D eigenvalue weighted by Crippen LogP contribution is 2.30. The van der Waals surface area contributed by atoms with Crippen molar-refractivity contribution in [3.63, 3.8) is 0 Å². The predicted octanol–water partition coefficient (Wildman–Crippen LogP) is 3.04. The van der Waals surface area contributed by atoms with E-state index in [-0.39, 0.29) is 11.5 Å². The Morgan fingerprint density at radius 3 is 2.31 bits per heavy atom. The Morgan fingerprint density at radius 1 is 0.862 bits per heavy atom. The molecule has 2 aromatic heterocycles. The molecule has 0 aliphatic carbocycles. The lowest BCUT2D eigenvalue weighted by Crippen LogP contribution is -2.48. The van der Waals surface area contributed by atoms with Crippen LogP contribution in [0.3, 0.4) is 0 Å². The average molecular weight is 384 g/mol. The second kappa shape index (κ2) is 7.05. The standard InChI is InChI=1S/C23H20N4O2/c28-22-18-9-5-4-8-17(18)20-19(10-11-24-21(20)25-22)26-12-14-27(15-13-26)23(29)16-6-2-1-3-7-16/h1-11H,12-15H2,(H,24,25,28). The highest BCUT2D eigenvalue weighted by atomic mass is 16.2. The maximum absolute atomic E-state index is 12.7. The lowest BCUT2D eigenvalue weighted by molar-refractivity contribution is 0.0747. The molecule has 0 radical (unpaired) electrons. The Bertz CT molecular complexity index is 1260. The molecular formula is C23H20N4O2. The molecule has 3 heterocycles. The summed E-state index contributed by atoms with van der Waals surface area (Å²) in [6.45, 7) is 2.76. The van der Waals surface area contributed by atoms with Crippen molar-refractivity contribution in [2.75, 3.05) is 31.1 Å². The maximum Gasteiger partial charge on any atom is 0.257 e. The number of nitrogens with zero attached hydrogens (tertiary/aromatic N) is 3. The third-order valence-electron chi connectivity index (χ3n) is 5.53. The summed E-state index contributed by atoms with van der Waals surface area (Å²) < 4.78 is 0. The number of aromatic amines is 1. The number of benzene rings is 2. The molecule has 6 heteroatoms. The van der Waals surface area contributed by atoms with E-state index in [1.807, 2.05) is 65.6 Å². The van der Waals surface area contributed by atoms with Crippen LogP contribution in [0.4, 0.5) is 5.69 Å². The van der Waals surface area contributed by atoms with E-state index >= 15 is 0 Å².